The monoisotopic (exact) mass is 306 g/mol. The molecule has 0 unspecified atom stereocenters. The van der Waals surface area contributed by atoms with Crippen LogP contribution in [0.15, 0.2) is 36.5 Å². The molecule has 0 bridgehead atoms. The first-order valence-corrected chi connectivity index (χ1v) is 8.90. The Hall–Kier alpha value is -1.31. The summed E-state index contributed by atoms with van der Waals surface area (Å²) in [5, 5.41) is 8.53. The zero-order valence-electron chi connectivity index (χ0n) is 14.3. The summed E-state index contributed by atoms with van der Waals surface area (Å²) in [6, 6.07) is 0. The van der Waals surface area contributed by atoms with E-state index in [4.69, 9.17) is 5.11 Å². The number of rotatable bonds is 15. The van der Waals surface area contributed by atoms with E-state index in [1.54, 1.807) is 0 Å². The molecule has 2 nitrogen and oxygen atoms in total. The van der Waals surface area contributed by atoms with Crippen LogP contribution in [-0.2, 0) is 4.79 Å². The predicted molar refractivity (Wildman–Crippen MR) is 96.1 cm³/mol. The Morgan fingerprint density at radius 3 is 1.82 bits per heavy atom. The maximum atomic E-state index is 10.3. The van der Waals surface area contributed by atoms with Crippen molar-refractivity contribution in [2.45, 2.75) is 84.0 Å². The lowest BCUT2D eigenvalue weighted by atomic mass is 10.1. The van der Waals surface area contributed by atoms with Gasteiger partial charge < -0.3 is 5.11 Å². The lowest BCUT2D eigenvalue weighted by molar-refractivity contribution is -0.137. The topological polar surface area (TPSA) is 37.3 Å². The fraction of sp³-hybridized carbons (Fsp3) is 0.650. The normalized spacial score (nSPS) is 12.0. The summed E-state index contributed by atoms with van der Waals surface area (Å²) in [6.45, 7) is 2.05. The molecule has 0 aromatic heterocycles. The summed E-state index contributed by atoms with van der Waals surface area (Å²) in [6.07, 6.45) is 26.4. The molecule has 0 aliphatic heterocycles. The number of carbonyl (C=O) groups is 1. The fourth-order valence-electron chi connectivity index (χ4n) is 2.30. The van der Waals surface area contributed by atoms with Crippen molar-refractivity contribution in [3.05, 3.63) is 36.5 Å². The van der Waals surface area contributed by atoms with E-state index in [0.717, 1.165) is 25.7 Å². The Morgan fingerprint density at radius 1 is 0.727 bits per heavy atom. The molecule has 0 saturated carbocycles. The van der Waals surface area contributed by atoms with E-state index in [9.17, 15) is 4.79 Å². The van der Waals surface area contributed by atoms with Gasteiger partial charge in [0.2, 0.25) is 0 Å². The van der Waals surface area contributed by atoms with Crippen LogP contribution >= 0.6 is 0 Å². The number of aliphatic carboxylic acids is 1. The predicted octanol–water partition coefficient (Wildman–Crippen LogP) is 6.44. The summed E-state index contributed by atoms with van der Waals surface area (Å²) in [7, 11) is 0. The largest absolute Gasteiger partial charge is 0.481 e. The van der Waals surface area contributed by atoms with Crippen molar-refractivity contribution in [3.63, 3.8) is 0 Å². The van der Waals surface area contributed by atoms with Crippen LogP contribution in [0.3, 0.4) is 0 Å². The SMILES string of the molecule is C/C=C/C/C=C/C/C=C/CCCCCCCCCCC(=O)O. The van der Waals surface area contributed by atoms with Crippen LogP contribution in [0.1, 0.15) is 84.0 Å². The van der Waals surface area contributed by atoms with Crippen molar-refractivity contribution >= 4 is 5.97 Å². The van der Waals surface area contributed by atoms with Crippen molar-refractivity contribution in [2.75, 3.05) is 0 Å². The van der Waals surface area contributed by atoms with E-state index >= 15 is 0 Å². The molecule has 0 spiro atoms. The van der Waals surface area contributed by atoms with Crippen LogP contribution in [0.2, 0.25) is 0 Å². The number of hydrogen-bond acceptors (Lipinski definition) is 1. The summed E-state index contributed by atoms with van der Waals surface area (Å²) < 4.78 is 0. The number of carboxylic acids is 1. The molecule has 0 radical (unpaired) electrons. The van der Waals surface area contributed by atoms with E-state index in [-0.39, 0.29) is 0 Å². The van der Waals surface area contributed by atoms with Gasteiger partial charge in [-0.3, -0.25) is 4.79 Å². The second-order valence-corrected chi connectivity index (χ2v) is 5.74. The first-order valence-electron chi connectivity index (χ1n) is 8.90. The molecule has 22 heavy (non-hydrogen) atoms. The Bertz CT molecular complexity index is 327. The summed E-state index contributed by atoms with van der Waals surface area (Å²) in [4.78, 5) is 10.3. The van der Waals surface area contributed by atoms with E-state index in [0.29, 0.717) is 6.42 Å². The third kappa shape index (κ3) is 18.7. The molecule has 0 rings (SSSR count). The Labute approximate surface area is 137 Å². The maximum Gasteiger partial charge on any atom is 0.303 e. The van der Waals surface area contributed by atoms with Gasteiger partial charge in [-0.2, -0.15) is 0 Å². The van der Waals surface area contributed by atoms with Gasteiger partial charge >= 0.3 is 5.97 Å². The highest BCUT2D eigenvalue weighted by Crippen LogP contribution is 2.10. The van der Waals surface area contributed by atoms with Crippen molar-refractivity contribution < 1.29 is 9.90 Å². The third-order valence-electron chi connectivity index (χ3n) is 3.62. The smallest absolute Gasteiger partial charge is 0.303 e. The molecular formula is C20H34O2. The molecule has 0 aliphatic carbocycles. The zero-order valence-corrected chi connectivity index (χ0v) is 14.3. The van der Waals surface area contributed by atoms with Gasteiger partial charge in [0.05, 0.1) is 0 Å². The molecule has 0 heterocycles. The minimum atomic E-state index is -0.665. The number of allylic oxidation sites excluding steroid dienone is 6. The first-order chi connectivity index (χ1) is 10.8. The van der Waals surface area contributed by atoms with Crippen LogP contribution in [-0.4, -0.2) is 11.1 Å². The van der Waals surface area contributed by atoms with Crippen molar-refractivity contribution in [3.8, 4) is 0 Å². The average molecular weight is 306 g/mol. The second kappa shape index (κ2) is 17.7. The maximum absolute atomic E-state index is 10.3. The zero-order chi connectivity index (χ0) is 16.3. The Kier molecular flexibility index (Phi) is 16.7. The van der Waals surface area contributed by atoms with Gasteiger partial charge in [0.15, 0.2) is 0 Å². The lowest BCUT2D eigenvalue weighted by Gasteiger charge is -2.00. The van der Waals surface area contributed by atoms with Gasteiger partial charge in [0.25, 0.3) is 0 Å². The molecule has 0 amide bonds. The molecule has 0 aromatic rings. The molecule has 0 saturated heterocycles. The first kappa shape index (κ1) is 20.7. The van der Waals surface area contributed by atoms with Gasteiger partial charge in [-0.25, -0.2) is 0 Å². The van der Waals surface area contributed by atoms with Gasteiger partial charge in [0, 0.05) is 6.42 Å². The number of carboxylic acid groups (broad SMARTS) is 1. The van der Waals surface area contributed by atoms with Crippen LogP contribution in [0, 0.1) is 0 Å². The quantitative estimate of drug-likeness (QED) is 0.279. The van der Waals surface area contributed by atoms with Crippen LogP contribution in [0.25, 0.3) is 0 Å². The van der Waals surface area contributed by atoms with Gasteiger partial charge in [0.1, 0.15) is 0 Å². The van der Waals surface area contributed by atoms with E-state index in [2.05, 4.69) is 36.5 Å². The van der Waals surface area contributed by atoms with Crippen LogP contribution in [0.4, 0.5) is 0 Å². The minimum Gasteiger partial charge on any atom is -0.481 e. The molecule has 0 aromatic carbocycles. The Balaban J connectivity index is 3.16. The van der Waals surface area contributed by atoms with E-state index in [1.807, 2.05) is 6.92 Å². The summed E-state index contributed by atoms with van der Waals surface area (Å²) in [5.41, 5.74) is 0. The lowest BCUT2D eigenvalue weighted by Crippen LogP contribution is -1.93. The molecule has 0 fully saturated rings. The fourth-order valence-corrected chi connectivity index (χ4v) is 2.30. The average Bonchev–Trinajstić information content (AvgIpc) is 2.50. The molecule has 1 N–H and O–H groups in total. The standard InChI is InChI=1S/C20H34O2/c1-2-3-4-5-6-7-8-9-10-11-12-13-14-15-16-17-18-19-20(21)22/h2-3,5-6,8-9H,4,7,10-19H2,1H3,(H,21,22)/b3-2+,6-5+,9-8+. The van der Waals surface area contributed by atoms with Crippen molar-refractivity contribution in [1.29, 1.82) is 0 Å². The molecular weight excluding hydrogens is 272 g/mol. The van der Waals surface area contributed by atoms with Gasteiger partial charge in [-0.1, -0.05) is 75.0 Å². The molecule has 0 aliphatic rings. The number of hydrogen-bond donors (Lipinski definition) is 1. The molecule has 126 valence electrons. The Morgan fingerprint density at radius 2 is 1.23 bits per heavy atom. The van der Waals surface area contributed by atoms with E-state index in [1.165, 1.54) is 44.9 Å². The van der Waals surface area contributed by atoms with Gasteiger partial charge in [-0.15, -0.1) is 0 Å². The van der Waals surface area contributed by atoms with Crippen molar-refractivity contribution in [1.82, 2.24) is 0 Å². The van der Waals surface area contributed by atoms with Crippen LogP contribution < -0.4 is 0 Å². The third-order valence-corrected chi connectivity index (χ3v) is 3.62. The number of unbranched alkanes of at least 4 members (excludes halogenated alkanes) is 8. The summed E-state index contributed by atoms with van der Waals surface area (Å²) in [5.74, 6) is -0.665. The van der Waals surface area contributed by atoms with E-state index < -0.39 is 5.97 Å². The van der Waals surface area contributed by atoms with Crippen molar-refractivity contribution in [2.24, 2.45) is 0 Å². The molecule has 0 atom stereocenters. The molecule has 2 heteroatoms. The second-order valence-electron chi connectivity index (χ2n) is 5.74. The summed E-state index contributed by atoms with van der Waals surface area (Å²) >= 11 is 0. The highest BCUT2D eigenvalue weighted by molar-refractivity contribution is 5.66. The van der Waals surface area contributed by atoms with Crippen LogP contribution in [0.5, 0.6) is 0 Å². The highest BCUT2D eigenvalue weighted by Gasteiger charge is 1.96. The highest BCUT2D eigenvalue weighted by atomic mass is 16.4. The minimum absolute atomic E-state index is 0.330. The van der Waals surface area contributed by atoms with Gasteiger partial charge in [-0.05, 0) is 39.0 Å².